The highest BCUT2D eigenvalue weighted by molar-refractivity contribution is 5.96. The molecule has 104 valence electrons. The van der Waals surface area contributed by atoms with Crippen molar-refractivity contribution in [3.63, 3.8) is 0 Å². The number of nitrogens with zero attached hydrogens (tertiary/aromatic N) is 2. The van der Waals surface area contributed by atoms with Gasteiger partial charge in [-0.15, -0.1) is 0 Å². The van der Waals surface area contributed by atoms with Crippen molar-refractivity contribution < 1.29 is 9.53 Å². The molecule has 0 aliphatic heterocycles. The van der Waals surface area contributed by atoms with Crippen LogP contribution in [0.1, 0.15) is 17.3 Å². The van der Waals surface area contributed by atoms with Gasteiger partial charge in [-0.3, -0.25) is 4.98 Å². The minimum absolute atomic E-state index is 0.320. The van der Waals surface area contributed by atoms with Crippen molar-refractivity contribution in [2.45, 2.75) is 6.92 Å². The van der Waals surface area contributed by atoms with Crippen LogP contribution in [0.15, 0.2) is 42.7 Å². The summed E-state index contributed by atoms with van der Waals surface area (Å²) in [5.41, 5.74) is 8.38. The summed E-state index contributed by atoms with van der Waals surface area (Å²) in [7, 11) is 1.90. The Labute approximate surface area is 118 Å². The molecule has 2 N–H and O–H groups in total. The molecular formula is C15H17N3O2. The second-order valence-corrected chi connectivity index (χ2v) is 4.26. The molecule has 2 aromatic rings. The van der Waals surface area contributed by atoms with Gasteiger partial charge in [-0.25, -0.2) is 4.79 Å². The van der Waals surface area contributed by atoms with E-state index in [0.717, 1.165) is 11.4 Å². The topological polar surface area (TPSA) is 68.5 Å². The molecule has 0 bridgehead atoms. The lowest BCUT2D eigenvalue weighted by Crippen LogP contribution is -2.13. The Kier molecular flexibility index (Phi) is 4.20. The molecule has 0 saturated heterocycles. The van der Waals surface area contributed by atoms with E-state index in [-0.39, 0.29) is 0 Å². The fraction of sp³-hybridized carbons (Fsp3) is 0.200. The van der Waals surface area contributed by atoms with Crippen molar-refractivity contribution in [1.29, 1.82) is 0 Å². The predicted molar refractivity (Wildman–Crippen MR) is 79.1 cm³/mol. The molecule has 5 heteroatoms. The molecule has 0 fully saturated rings. The van der Waals surface area contributed by atoms with Gasteiger partial charge in [-0.2, -0.15) is 0 Å². The molecule has 20 heavy (non-hydrogen) atoms. The number of benzene rings is 1. The third-order valence-electron chi connectivity index (χ3n) is 2.95. The number of pyridine rings is 1. The van der Waals surface area contributed by atoms with E-state index in [0.29, 0.717) is 17.9 Å². The Morgan fingerprint density at radius 3 is 2.80 bits per heavy atom. The number of hydrogen-bond acceptors (Lipinski definition) is 5. The number of hydrogen-bond donors (Lipinski definition) is 1. The summed E-state index contributed by atoms with van der Waals surface area (Å²) >= 11 is 0. The molecule has 0 amide bonds. The quantitative estimate of drug-likeness (QED) is 0.684. The van der Waals surface area contributed by atoms with Gasteiger partial charge in [0.05, 0.1) is 24.1 Å². The zero-order chi connectivity index (χ0) is 14.5. The highest BCUT2D eigenvalue weighted by atomic mass is 16.5. The zero-order valence-corrected chi connectivity index (χ0v) is 11.5. The Morgan fingerprint density at radius 1 is 1.35 bits per heavy atom. The Bertz CT molecular complexity index is 599. The average molecular weight is 271 g/mol. The number of ether oxygens (including phenoxy) is 1. The fourth-order valence-corrected chi connectivity index (χ4v) is 1.84. The van der Waals surface area contributed by atoms with Crippen LogP contribution < -0.4 is 10.6 Å². The van der Waals surface area contributed by atoms with E-state index >= 15 is 0 Å². The van der Waals surface area contributed by atoms with E-state index in [1.807, 2.05) is 30.1 Å². The van der Waals surface area contributed by atoms with Crippen LogP contribution in [0.2, 0.25) is 0 Å². The number of carbonyl (C=O) groups excluding carboxylic acids is 1. The molecule has 0 aliphatic carbocycles. The average Bonchev–Trinajstić information content (AvgIpc) is 2.48. The van der Waals surface area contributed by atoms with Crippen LogP contribution in [0, 0.1) is 0 Å². The third kappa shape index (κ3) is 2.88. The van der Waals surface area contributed by atoms with Gasteiger partial charge < -0.3 is 15.4 Å². The lowest BCUT2D eigenvalue weighted by molar-refractivity contribution is 0.0527. The summed E-state index contributed by atoms with van der Waals surface area (Å²) in [4.78, 5) is 17.8. The van der Waals surface area contributed by atoms with Crippen molar-refractivity contribution in [1.82, 2.24) is 4.98 Å². The van der Waals surface area contributed by atoms with E-state index < -0.39 is 5.97 Å². The second kappa shape index (κ2) is 6.06. The molecule has 1 heterocycles. The highest BCUT2D eigenvalue weighted by Gasteiger charge is 2.13. The smallest absolute Gasteiger partial charge is 0.340 e. The third-order valence-corrected chi connectivity index (χ3v) is 2.95. The van der Waals surface area contributed by atoms with Gasteiger partial charge in [-0.05, 0) is 37.3 Å². The lowest BCUT2D eigenvalue weighted by atomic mass is 10.1. The SMILES string of the molecule is CCOC(=O)c1cc(N(C)c2cccnc2)ccc1N. The van der Waals surface area contributed by atoms with Crippen LogP contribution in [-0.2, 0) is 4.74 Å². The van der Waals surface area contributed by atoms with E-state index in [1.165, 1.54) is 0 Å². The molecule has 0 radical (unpaired) electrons. The van der Waals surface area contributed by atoms with Gasteiger partial charge >= 0.3 is 5.97 Å². The van der Waals surface area contributed by atoms with Crippen LogP contribution in [0.4, 0.5) is 17.1 Å². The lowest BCUT2D eigenvalue weighted by Gasteiger charge is -2.20. The molecule has 0 aliphatic rings. The first kappa shape index (κ1) is 13.9. The second-order valence-electron chi connectivity index (χ2n) is 4.26. The van der Waals surface area contributed by atoms with Crippen LogP contribution >= 0.6 is 0 Å². The van der Waals surface area contributed by atoms with Crippen molar-refractivity contribution >= 4 is 23.0 Å². The molecule has 0 spiro atoms. The van der Waals surface area contributed by atoms with E-state index in [9.17, 15) is 4.79 Å². The summed E-state index contributed by atoms with van der Waals surface area (Å²) in [6.07, 6.45) is 3.46. The van der Waals surface area contributed by atoms with Gasteiger partial charge in [0, 0.05) is 24.6 Å². The Hall–Kier alpha value is -2.56. The van der Waals surface area contributed by atoms with Crippen LogP contribution in [0.3, 0.4) is 0 Å². The summed E-state index contributed by atoms with van der Waals surface area (Å²) in [5, 5.41) is 0. The summed E-state index contributed by atoms with van der Waals surface area (Å²) in [6.45, 7) is 2.08. The van der Waals surface area contributed by atoms with E-state index in [2.05, 4.69) is 4.98 Å². The van der Waals surface area contributed by atoms with Gasteiger partial charge in [0.25, 0.3) is 0 Å². The number of nitrogens with two attached hydrogens (primary N) is 1. The number of anilines is 3. The maximum atomic E-state index is 11.8. The molecule has 2 rings (SSSR count). The maximum absolute atomic E-state index is 11.8. The molecular weight excluding hydrogens is 254 g/mol. The first-order valence-corrected chi connectivity index (χ1v) is 6.34. The number of nitrogen functional groups attached to an aromatic ring is 1. The van der Waals surface area contributed by atoms with Gasteiger partial charge in [0.15, 0.2) is 0 Å². The van der Waals surface area contributed by atoms with Crippen LogP contribution in [0.5, 0.6) is 0 Å². The van der Waals surface area contributed by atoms with Crippen molar-refractivity contribution in [2.24, 2.45) is 0 Å². The minimum Gasteiger partial charge on any atom is -0.462 e. The van der Waals surface area contributed by atoms with Gasteiger partial charge in [0.2, 0.25) is 0 Å². The standard InChI is InChI=1S/C15H17N3O2/c1-3-20-15(19)13-9-11(6-7-14(13)16)18(2)12-5-4-8-17-10-12/h4-10H,3,16H2,1-2H3. The van der Waals surface area contributed by atoms with Crippen molar-refractivity contribution in [3.05, 3.63) is 48.3 Å². The summed E-state index contributed by atoms with van der Waals surface area (Å²) < 4.78 is 5.00. The zero-order valence-electron chi connectivity index (χ0n) is 11.5. The van der Waals surface area contributed by atoms with E-state index in [4.69, 9.17) is 10.5 Å². The Balaban J connectivity index is 2.34. The number of rotatable bonds is 4. The van der Waals surface area contributed by atoms with Gasteiger partial charge in [-0.1, -0.05) is 0 Å². The minimum atomic E-state index is -0.411. The summed E-state index contributed by atoms with van der Waals surface area (Å²) in [5.74, 6) is -0.411. The number of aromatic nitrogens is 1. The molecule has 0 unspecified atom stereocenters. The molecule has 1 aromatic carbocycles. The first-order valence-electron chi connectivity index (χ1n) is 6.34. The monoisotopic (exact) mass is 271 g/mol. The molecule has 0 saturated carbocycles. The Morgan fingerprint density at radius 2 is 2.15 bits per heavy atom. The maximum Gasteiger partial charge on any atom is 0.340 e. The van der Waals surface area contributed by atoms with E-state index in [1.54, 1.807) is 31.5 Å². The highest BCUT2D eigenvalue weighted by Crippen LogP contribution is 2.26. The molecule has 5 nitrogen and oxygen atoms in total. The van der Waals surface area contributed by atoms with Crippen LogP contribution in [-0.4, -0.2) is 24.6 Å². The van der Waals surface area contributed by atoms with Gasteiger partial charge in [0.1, 0.15) is 0 Å². The fourth-order valence-electron chi connectivity index (χ4n) is 1.84. The molecule has 0 atom stereocenters. The number of carbonyl (C=O) groups is 1. The number of esters is 1. The summed E-state index contributed by atoms with van der Waals surface area (Å²) in [6, 6.07) is 9.07. The van der Waals surface area contributed by atoms with Crippen molar-refractivity contribution in [2.75, 3.05) is 24.3 Å². The van der Waals surface area contributed by atoms with Crippen molar-refractivity contribution in [3.8, 4) is 0 Å². The van der Waals surface area contributed by atoms with Crippen LogP contribution in [0.25, 0.3) is 0 Å². The normalized spacial score (nSPS) is 10.1. The first-order chi connectivity index (χ1) is 9.63. The largest absolute Gasteiger partial charge is 0.462 e. The molecule has 1 aromatic heterocycles. The predicted octanol–water partition coefficient (Wildman–Crippen LogP) is 2.61.